The highest BCUT2D eigenvalue weighted by Gasteiger charge is 2.07. The van der Waals surface area contributed by atoms with E-state index in [0.29, 0.717) is 11.5 Å². The van der Waals surface area contributed by atoms with Gasteiger partial charge in [0.2, 0.25) is 5.28 Å². The molecule has 0 aliphatic carbocycles. The zero-order valence-electron chi connectivity index (χ0n) is 10.0. The van der Waals surface area contributed by atoms with E-state index in [1.165, 1.54) is 0 Å². The van der Waals surface area contributed by atoms with Crippen LogP contribution in [0.3, 0.4) is 0 Å². The molecule has 0 aromatic carbocycles. The molecule has 0 aliphatic rings. The molecule has 98 valence electrons. The van der Waals surface area contributed by atoms with Crippen molar-refractivity contribution in [3.8, 4) is 0 Å². The van der Waals surface area contributed by atoms with Crippen LogP contribution in [-0.4, -0.2) is 36.3 Å². The molecule has 0 aliphatic heterocycles. The third-order valence-corrected chi connectivity index (χ3v) is 2.90. The molecule has 0 saturated carbocycles. The molecule has 0 spiro atoms. The van der Waals surface area contributed by atoms with Crippen molar-refractivity contribution < 1.29 is 0 Å². The number of fused-ring (bicyclic) bond motifs is 1. The average Bonchev–Trinajstić information content (AvgIpc) is 3.04. The lowest BCUT2D eigenvalue weighted by molar-refractivity contribution is 0.660. The lowest BCUT2D eigenvalue weighted by Crippen LogP contribution is -2.07. The van der Waals surface area contributed by atoms with Crippen molar-refractivity contribution in [1.82, 2.24) is 29.7 Å². The number of hydrogen-bond acceptors (Lipinski definition) is 5. The number of aromatic amines is 1. The molecule has 2 N–H and O–H groups in total. The monoisotopic (exact) mass is 277 g/mol. The van der Waals surface area contributed by atoms with Crippen LogP contribution in [0.1, 0.15) is 6.42 Å². The number of aromatic nitrogens is 6. The van der Waals surface area contributed by atoms with Gasteiger partial charge in [0.15, 0.2) is 5.65 Å². The lowest BCUT2D eigenvalue weighted by Gasteiger charge is -2.07. The molecule has 8 heteroatoms. The number of nitrogens with zero attached hydrogens (tertiary/aromatic N) is 5. The highest BCUT2D eigenvalue weighted by molar-refractivity contribution is 6.28. The Balaban J connectivity index is 1.63. The number of H-pyrrole nitrogens is 1. The van der Waals surface area contributed by atoms with Crippen molar-refractivity contribution in [3.63, 3.8) is 0 Å². The smallest absolute Gasteiger partial charge is 0.226 e. The molecule has 0 atom stereocenters. The van der Waals surface area contributed by atoms with Gasteiger partial charge in [0.25, 0.3) is 0 Å². The highest BCUT2D eigenvalue weighted by Crippen LogP contribution is 2.19. The number of nitrogens with one attached hydrogen (secondary N) is 2. The summed E-state index contributed by atoms with van der Waals surface area (Å²) < 4.78 is 2.03. The Morgan fingerprint density at radius 1 is 1.37 bits per heavy atom. The number of rotatable bonds is 5. The van der Waals surface area contributed by atoms with Gasteiger partial charge in [-0.05, 0) is 18.0 Å². The Hall–Kier alpha value is -2.15. The van der Waals surface area contributed by atoms with E-state index in [9.17, 15) is 0 Å². The third-order valence-electron chi connectivity index (χ3n) is 2.73. The Bertz CT molecular complexity index is 661. The summed E-state index contributed by atoms with van der Waals surface area (Å²) in [5, 5.41) is 11.0. The SMILES string of the molecule is Clc1nc(NCCCn2ccnc2)c2cn[nH]c2n1. The van der Waals surface area contributed by atoms with Crippen LogP contribution in [0.5, 0.6) is 0 Å². The second kappa shape index (κ2) is 5.23. The van der Waals surface area contributed by atoms with E-state index in [1.54, 1.807) is 18.7 Å². The van der Waals surface area contributed by atoms with Crippen LogP contribution in [-0.2, 0) is 6.54 Å². The van der Waals surface area contributed by atoms with E-state index in [-0.39, 0.29) is 5.28 Å². The Labute approximate surface area is 114 Å². The van der Waals surface area contributed by atoms with Gasteiger partial charge in [-0.3, -0.25) is 5.10 Å². The molecule has 3 heterocycles. The molecule has 0 bridgehead atoms. The van der Waals surface area contributed by atoms with Crippen LogP contribution >= 0.6 is 11.6 Å². The van der Waals surface area contributed by atoms with Gasteiger partial charge >= 0.3 is 0 Å². The minimum absolute atomic E-state index is 0.203. The number of halogens is 1. The van der Waals surface area contributed by atoms with Crippen molar-refractivity contribution >= 4 is 28.5 Å². The largest absolute Gasteiger partial charge is 0.369 e. The van der Waals surface area contributed by atoms with E-state index < -0.39 is 0 Å². The van der Waals surface area contributed by atoms with Crippen LogP contribution in [0.2, 0.25) is 5.28 Å². The summed E-state index contributed by atoms with van der Waals surface area (Å²) in [5.74, 6) is 0.703. The van der Waals surface area contributed by atoms with Crippen molar-refractivity contribution in [2.24, 2.45) is 0 Å². The van der Waals surface area contributed by atoms with E-state index in [2.05, 4.69) is 30.5 Å². The highest BCUT2D eigenvalue weighted by atomic mass is 35.5. The van der Waals surface area contributed by atoms with Gasteiger partial charge in [-0.2, -0.15) is 15.1 Å². The molecule has 3 aromatic heterocycles. The van der Waals surface area contributed by atoms with Gasteiger partial charge < -0.3 is 9.88 Å². The van der Waals surface area contributed by atoms with E-state index in [1.807, 2.05) is 10.8 Å². The van der Waals surface area contributed by atoms with Gasteiger partial charge in [0.05, 0.1) is 17.9 Å². The van der Waals surface area contributed by atoms with Crippen molar-refractivity contribution in [2.45, 2.75) is 13.0 Å². The van der Waals surface area contributed by atoms with Gasteiger partial charge in [-0.25, -0.2) is 4.98 Å². The van der Waals surface area contributed by atoms with Gasteiger partial charge in [0, 0.05) is 25.5 Å². The second-order valence-electron chi connectivity index (χ2n) is 4.05. The van der Waals surface area contributed by atoms with Crippen molar-refractivity contribution in [2.75, 3.05) is 11.9 Å². The maximum Gasteiger partial charge on any atom is 0.226 e. The molecular formula is C11H12ClN7. The first kappa shape index (κ1) is 11.9. The molecule has 7 nitrogen and oxygen atoms in total. The fraction of sp³-hybridized carbons (Fsp3) is 0.273. The fourth-order valence-electron chi connectivity index (χ4n) is 1.83. The quantitative estimate of drug-likeness (QED) is 0.548. The third kappa shape index (κ3) is 2.65. The van der Waals surface area contributed by atoms with E-state index >= 15 is 0 Å². The topological polar surface area (TPSA) is 84.3 Å². The molecule has 3 aromatic rings. The van der Waals surface area contributed by atoms with Gasteiger partial charge in [-0.15, -0.1) is 0 Å². The average molecular weight is 278 g/mol. The minimum atomic E-state index is 0.203. The Morgan fingerprint density at radius 3 is 3.16 bits per heavy atom. The minimum Gasteiger partial charge on any atom is -0.369 e. The van der Waals surface area contributed by atoms with Crippen LogP contribution in [0, 0.1) is 0 Å². The zero-order valence-corrected chi connectivity index (χ0v) is 10.8. The normalized spacial score (nSPS) is 11.0. The fourth-order valence-corrected chi connectivity index (χ4v) is 2.00. The first-order chi connectivity index (χ1) is 9.33. The summed E-state index contributed by atoms with van der Waals surface area (Å²) >= 11 is 5.85. The molecule has 0 radical (unpaired) electrons. The maximum absolute atomic E-state index is 5.85. The van der Waals surface area contributed by atoms with Gasteiger partial charge in [0.1, 0.15) is 5.82 Å². The Morgan fingerprint density at radius 2 is 2.32 bits per heavy atom. The summed E-state index contributed by atoms with van der Waals surface area (Å²) in [5.41, 5.74) is 0.636. The predicted octanol–water partition coefficient (Wildman–Crippen LogP) is 1.70. The van der Waals surface area contributed by atoms with E-state index in [4.69, 9.17) is 11.6 Å². The first-order valence-corrected chi connectivity index (χ1v) is 6.27. The van der Waals surface area contributed by atoms with Crippen LogP contribution in [0.4, 0.5) is 5.82 Å². The number of anilines is 1. The zero-order chi connectivity index (χ0) is 13.1. The maximum atomic E-state index is 5.85. The molecular weight excluding hydrogens is 266 g/mol. The predicted molar refractivity (Wildman–Crippen MR) is 72.0 cm³/mol. The Kier molecular flexibility index (Phi) is 3.28. The molecule has 0 unspecified atom stereocenters. The molecule has 19 heavy (non-hydrogen) atoms. The first-order valence-electron chi connectivity index (χ1n) is 5.89. The molecule has 0 fully saturated rings. The number of hydrogen-bond donors (Lipinski definition) is 2. The molecule has 0 amide bonds. The summed E-state index contributed by atoms with van der Waals surface area (Å²) in [7, 11) is 0. The summed E-state index contributed by atoms with van der Waals surface area (Å²) in [6.07, 6.45) is 8.15. The van der Waals surface area contributed by atoms with Crippen LogP contribution < -0.4 is 5.32 Å². The van der Waals surface area contributed by atoms with Crippen LogP contribution in [0.15, 0.2) is 24.9 Å². The summed E-state index contributed by atoms with van der Waals surface area (Å²) in [6, 6.07) is 0. The summed E-state index contributed by atoms with van der Waals surface area (Å²) in [4.78, 5) is 12.2. The lowest BCUT2D eigenvalue weighted by atomic mass is 10.3. The summed E-state index contributed by atoms with van der Waals surface area (Å²) in [6.45, 7) is 1.69. The molecule has 3 rings (SSSR count). The van der Waals surface area contributed by atoms with Crippen molar-refractivity contribution in [1.29, 1.82) is 0 Å². The van der Waals surface area contributed by atoms with Crippen molar-refractivity contribution in [3.05, 3.63) is 30.2 Å². The molecule has 0 saturated heterocycles. The number of imidazole rings is 1. The second-order valence-corrected chi connectivity index (χ2v) is 4.39. The number of aryl methyl sites for hydroxylation is 1. The van der Waals surface area contributed by atoms with E-state index in [0.717, 1.165) is 24.9 Å². The standard InChI is InChI=1S/C11H12ClN7/c12-11-16-9(8-6-15-18-10(8)17-11)14-2-1-4-19-5-3-13-7-19/h3,5-7H,1-2,4H2,(H2,14,15,16,17,18). The van der Waals surface area contributed by atoms with Crippen LogP contribution in [0.25, 0.3) is 11.0 Å². The van der Waals surface area contributed by atoms with Gasteiger partial charge in [-0.1, -0.05) is 0 Å².